The van der Waals surface area contributed by atoms with Gasteiger partial charge in [0.15, 0.2) is 0 Å². The first-order valence-electron chi connectivity index (χ1n) is 8.51. The number of pyridine rings is 1. The van der Waals surface area contributed by atoms with E-state index in [4.69, 9.17) is 0 Å². The number of benzene rings is 1. The molecule has 0 radical (unpaired) electrons. The Balaban J connectivity index is 1.97. The van der Waals surface area contributed by atoms with Crippen LogP contribution in [0.4, 0.5) is 5.69 Å². The number of rotatable bonds is 7. The van der Waals surface area contributed by atoms with Gasteiger partial charge >= 0.3 is 0 Å². The molecule has 0 atom stereocenters. The molecule has 0 fully saturated rings. The monoisotopic (exact) mass is 339 g/mol. The van der Waals surface area contributed by atoms with E-state index in [2.05, 4.69) is 11.9 Å². The Morgan fingerprint density at radius 2 is 1.64 bits per heavy atom. The van der Waals surface area contributed by atoms with Crippen molar-refractivity contribution in [3.05, 3.63) is 59.9 Å². The Morgan fingerprint density at radius 1 is 1.00 bits per heavy atom. The van der Waals surface area contributed by atoms with Gasteiger partial charge in [-0.3, -0.25) is 14.6 Å². The van der Waals surface area contributed by atoms with E-state index in [9.17, 15) is 9.59 Å². The van der Waals surface area contributed by atoms with Crippen LogP contribution in [0.15, 0.2) is 48.8 Å². The van der Waals surface area contributed by atoms with Crippen LogP contribution in [0.5, 0.6) is 0 Å². The van der Waals surface area contributed by atoms with Crippen LogP contribution in [0.1, 0.15) is 25.0 Å². The second-order valence-corrected chi connectivity index (χ2v) is 6.05. The van der Waals surface area contributed by atoms with Crippen molar-refractivity contribution < 1.29 is 9.59 Å². The highest BCUT2D eigenvalue weighted by atomic mass is 16.2. The van der Waals surface area contributed by atoms with E-state index >= 15 is 0 Å². The molecular formula is C20H25N3O2. The molecule has 0 saturated carbocycles. The van der Waals surface area contributed by atoms with Crippen LogP contribution in [0, 0.1) is 0 Å². The summed E-state index contributed by atoms with van der Waals surface area (Å²) in [4.78, 5) is 31.6. The molecule has 132 valence electrons. The maximum Gasteiger partial charge on any atom is 0.242 e. The predicted octanol–water partition coefficient (Wildman–Crippen LogP) is 2.70. The van der Waals surface area contributed by atoms with Crippen LogP contribution in [0.2, 0.25) is 0 Å². The molecule has 0 aliphatic rings. The van der Waals surface area contributed by atoms with E-state index in [1.54, 1.807) is 24.3 Å². The smallest absolute Gasteiger partial charge is 0.242 e. The Labute approximate surface area is 149 Å². The first kappa shape index (κ1) is 18.6. The van der Waals surface area contributed by atoms with E-state index in [1.165, 1.54) is 17.4 Å². The molecule has 25 heavy (non-hydrogen) atoms. The number of anilines is 1. The number of carbonyl (C=O) groups is 2. The molecular weight excluding hydrogens is 314 g/mol. The fourth-order valence-corrected chi connectivity index (χ4v) is 2.52. The first-order chi connectivity index (χ1) is 12.0. The number of carbonyl (C=O) groups excluding carboxylic acids is 2. The summed E-state index contributed by atoms with van der Waals surface area (Å²) in [7, 11) is 1.77. The number of aromatic nitrogens is 1. The average Bonchev–Trinajstić information content (AvgIpc) is 2.64. The van der Waals surface area contributed by atoms with E-state index in [1.807, 2.05) is 36.4 Å². The summed E-state index contributed by atoms with van der Waals surface area (Å²) in [6.07, 6.45) is 5.19. The molecule has 1 aromatic heterocycles. The Kier molecular flexibility index (Phi) is 6.69. The van der Waals surface area contributed by atoms with Gasteiger partial charge < -0.3 is 9.80 Å². The lowest BCUT2D eigenvalue weighted by molar-refractivity contribution is -0.130. The van der Waals surface area contributed by atoms with Gasteiger partial charge in [0.05, 0.1) is 0 Å². The van der Waals surface area contributed by atoms with Crippen molar-refractivity contribution in [2.45, 2.75) is 26.7 Å². The summed E-state index contributed by atoms with van der Waals surface area (Å²) in [5.41, 5.74) is 3.09. The lowest BCUT2D eigenvalue weighted by Crippen LogP contribution is -2.41. The van der Waals surface area contributed by atoms with Crippen LogP contribution >= 0.6 is 0 Å². The molecule has 0 bridgehead atoms. The van der Waals surface area contributed by atoms with Gasteiger partial charge in [0.1, 0.15) is 6.54 Å². The van der Waals surface area contributed by atoms with Crippen molar-refractivity contribution in [2.75, 3.05) is 25.0 Å². The van der Waals surface area contributed by atoms with Gasteiger partial charge in [-0.25, -0.2) is 0 Å². The second-order valence-electron chi connectivity index (χ2n) is 6.05. The first-order valence-corrected chi connectivity index (χ1v) is 8.51. The van der Waals surface area contributed by atoms with Crippen molar-refractivity contribution in [3.8, 4) is 0 Å². The normalized spacial score (nSPS) is 10.4. The number of amides is 2. The third kappa shape index (κ3) is 5.41. The van der Waals surface area contributed by atoms with E-state index in [-0.39, 0.29) is 18.4 Å². The van der Waals surface area contributed by atoms with Gasteiger partial charge in [-0.2, -0.15) is 0 Å². The fraction of sp³-hybridized carbons (Fsp3) is 0.350. The van der Waals surface area contributed by atoms with Crippen LogP contribution < -0.4 is 4.90 Å². The van der Waals surface area contributed by atoms with Crippen molar-refractivity contribution in [1.82, 2.24) is 9.88 Å². The molecule has 0 aliphatic heterocycles. The summed E-state index contributed by atoms with van der Waals surface area (Å²) in [5, 5.41) is 0. The zero-order valence-corrected chi connectivity index (χ0v) is 15.1. The summed E-state index contributed by atoms with van der Waals surface area (Å²) in [6.45, 7) is 4.22. The van der Waals surface area contributed by atoms with Crippen LogP contribution in [-0.2, 0) is 22.4 Å². The molecule has 5 heteroatoms. The van der Waals surface area contributed by atoms with Crippen molar-refractivity contribution in [3.63, 3.8) is 0 Å². The van der Waals surface area contributed by atoms with E-state index in [0.717, 1.165) is 24.1 Å². The summed E-state index contributed by atoms with van der Waals surface area (Å²) < 4.78 is 0. The third-order valence-electron chi connectivity index (χ3n) is 4.24. The molecule has 2 amide bonds. The number of nitrogens with zero attached hydrogens (tertiary/aromatic N) is 3. The van der Waals surface area contributed by atoms with Gasteiger partial charge in [0, 0.05) is 38.6 Å². The van der Waals surface area contributed by atoms with Crippen molar-refractivity contribution in [2.24, 2.45) is 0 Å². The topological polar surface area (TPSA) is 53.5 Å². The zero-order valence-electron chi connectivity index (χ0n) is 15.1. The van der Waals surface area contributed by atoms with Crippen LogP contribution in [0.3, 0.4) is 0 Å². The lowest BCUT2D eigenvalue weighted by atomic mass is 10.1. The maximum absolute atomic E-state index is 12.5. The molecule has 0 aliphatic carbocycles. The predicted molar refractivity (Wildman–Crippen MR) is 99.4 cm³/mol. The SMILES string of the molecule is CCc1ccc(N(CC(=O)N(C)CCc2ccncc2)C(C)=O)cc1. The minimum atomic E-state index is -0.139. The minimum absolute atomic E-state index is 0.0493. The summed E-state index contributed by atoms with van der Waals surface area (Å²) >= 11 is 0. The zero-order chi connectivity index (χ0) is 18.2. The van der Waals surface area contributed by atoms with E-state index < -0.39 is 0 Å². The van der Waals surface area contributed by atoms with Crippen molar-refractivity contribution >= 4 is 17.5 Å². The highest BCUT2D eigenvalue weighted by Crippen LogP contribution is 2.16. The largest absolute Gasteiger partial charge is 0.344 e. The molecule has 0 N–H and O–H groups in total. The maximum atomic E-state index is 12.5. The molecule has 5 nitrogen and oxygen atoms in total. The molecule has 1 aromatic carbocycles. The third-order valence-corrected chi connectivity index (χ3v) is 4.24. The number of hydrogen-bond acceptors (Lipinski definition) is 3. The number of aryl methyl sites for hydroxylation is 1. The highest BCUT2D eigenvalue weighted by Gasteiger charge is 2.18. The Bertz CT molecular complexity index is 699. The second kappa shape index (κ2) is 8.97. The Hall–Kier alpha value is -2.69. The average molecular weight is 339 g/mol. The molecule has 0 spiro atoms. The molecule has 2 rings (SSSR count). The van der Waals surface area contributed by atoms with Gasteiger partial charge in [0.2, 0.25) is 11.8 Å². The molecule has 0 unspecified atom stereocenters. The van der Waals surface area contributed by atoms with Crippen LogP contribution in [-0.4, -0.2) is 41.8 Å². The highest BCUT2D eigenvalue weighted by molar-refractivity contribution is 5.97. The Morgan fingerprint density at radius 3 is 2.20 bits per heavy atom. The van der Waals surface area contributed by atoms with Gasteiger partial charge in [0.25, 0.3) is 0 Å². The van der Waals surface area contributed by atoms with Gasteiger partial charge in [-0.1, -0.05) is 19.1 Å². The summed E-state index contributed by atoms with van der Waals surface area (Å²) in [5.74, 6) is -0.219. The molecule has 1 heterocycles. The summed E-state index contributed by atoms with van der Waals surface area (Å²) in [6, 6.07) is 11.6. The molecule has 2 aromatic rings. The number of hydrogen-bond donors (Lipinski definition) is 0. The minimum Gasteiger partial charge on any atom is -0.344 e. The van der Waals surface area contributed by atoms with E-state index in [0.29, 0.717) is 6.54 Å². The standard InChI is InChI=1S/C20H25N3O2/c1-4-17-5-7-19(8-6-17)23(16(2)24)15-20(25)22(3)14-11-18-9-12-21-13-10-18/h5-10,12-13H,4,11,14-15H2,1-3H3. The number of likely N-dealkylation sites (N-methyl/N-ethyl adjacent to an activating group) is 1. The van der Waals surface area contributed by atoms with Crippen molar-refractivity contribution in [1.29, 1.82) is 0 Å². The van der Waals surface area contributed by atoms with Gasteiger partial charge in [-0.05, 0) is 48.2 Å². The molecule has 0 saturated heterocycles. The fourth-order valence-electron chi connectivity index (χ4n) is 2.52. The van der Waals surface area contributed by atoms with Crippen LogP contribution in [0.25, 0.3) is 0 Å². The van der Waals surface area contributed by atoms with Gasteiger partial charge in [-0.15, -0.1) is 0 Å². The quantitative estimate of drug-likeness (QED) is 0.779. The lowest BCUT2D eigenvalue weighted by Gasteiger charge is -2.24.